The van der Waals surface area contributed by atoms with Crippen molar-refractivity contribution in [2.45, 2.75) is 50.4 Å². The maximum absolute atomic E-state index is 13.8. The molecule has 0 radical (unpaired) electrons. The Morgan fingerprint density at radius 1 is 1.03 bits per heavy atom. The predicted octanol–water partition coefficient (Wildman–Crippen LogP) is 6.20. The van der Waals surface area contributed by atoms with Gasteiger partial charge in [0.1, 0.15) is 5.82 Å². The molecule has 2 N–H and O–H groups in total. The maximum atomic E-state index is 13.8. The monoisotopic (exact) mass is 497 g/mol. The van der Waals surface area contributed by atoms with Crippen molar-refractivity contribution in [1.82, 2.24) is 5.32 Å². The van der Waals surface area contributed by atoms with Crippen LogP contribution < -0.4 is 5.32 Å². The molecule has 1 aliphatic rings. The Balaban J connectivity index is 1.56. The Bertz CT molecular complexity index is 1230. The SMILES string of the molecule is O=C(Cc1cccc2c1C=CCCC2)NC(Cc1ccc(C(F)(F)F)cc1)C(O)c1cccc(F)c1. The van der Waals surface area contributed by atoms with Crippen LogP contribution in [-0.4, -0.2) is 17.1 Å². The molecule has 0 saturated heterocycles. The average molecular weight is 498 g/mol. The highest BCUT2D eigenvalue weighted by atomic mass is 19.4. The number of hydrogen-bond acceptors (Lipinski definition) is 2. The molecule has 0 fully saturated rings. The number of rotatable bonds is 7. The molecule has 0 bridgehead atoms. The van der Waals surface area contributed by atoms with Crippen molar-refractivity contribution < 1.29 is 27.5 Å². The smallest absolute Gasteiger partial charge is 0.386 e. The third-order valence-electron chi connectivity index (χ3n) is 6.39. The third-order valence-corrected chi connectivity index (χ3v) is 6.39. The zero-order valence-electron chi connectivity index (χ0n) is 19.6. The number of alkyl halides is 3. The number of carbonyl (C=O) groups excluding carboxylic acids is 1. The van der Waals surface area contributed by atoms with Crippen molar-refractivity contribution in [3.63, 3.8) is 0 Å². The van der Waals surface area contributed by atoms with Gasteiger partial charge < -0.3 is 10.4 Å². The van der Waals surface area contributed by atoms with Gasteiger partial charge in [-0.05, 0) is 77.8 Å². The first kappa shape index (κ1) is 25.6. The fraction of sp³-hybridized carbons (Fsp3) is 0.276. The lowest BCUT2D eigenvalue weighted by molar-refractivity contribution is -0.137. The molecule has 3 aromatic rings. The molecule has 2 atom stereocenters. The first-order valence-corrected chi connectivity index (χ1v) is 11.9. The number of aliphatic hydroxyl groups is 1. The van der Waals surface area contributed by atoms with E-state index in [1.54, 1.807) is 6.07 Å². The van der Waals surface area contributed by atoms with Crippen LogP contribution in [0.4, 0.5) is 17.6 Å². The summed E-state index contributed by atoms with van der Waals surface area (Å²) in [5.74, 6) is -0.877. The maximum Gasteiger partial charge on any atom is 0.416 e. The molecule has 36 heavy (non-hydrogen) atoms. The Kier molecular flexibility index (Phi) is 7.89. The van der Waals surface area contributed by atoms with E-state index in [0.717, 1.165) is 42.5 Å². The third kappa shape index (κ3) is 6.40. The predicted molar refractivity (Wildman–Crippen MR) is 131 cm³/mol. The highest BCUT2D eigenvalue weighted by Gasteiger charge is 2.30. The number of nitrogens with one attached hydrogen (secondary N) is 1. The van der Waals surface area contributed by atoms with E-state index in [4.69, 9.17) is 0 Å². The number of hydrogen-bond donors (Lipinski definition) is 2. The molecule has 3 aromatic carbocycles. The summed E-state index contributed by atoms with van der Waals surface area (Å²) < 4.78 is 52.7. The minimum Gasteiger partial charge on any atom is -0.386 e. The number of benzene rings is 3. The Morgan fingerprint density at radius 2 is 1.78 bits per heavy atom. The van der Waals surface area contributed by atoms with Crippen molar-refractivity contribution in [3.8, 4) is 0 Å². The summed E-state index contributed by atoms with van der Waals surface area (Å²) in [5.41, 5.74) is 3.04. The number of aryl methyl sites for hydroxylation is 1. The van der Waals surface area contributed by atoms with Crippen LogP contribution in [0.2, 0.25) is 0 Å². The quantitative estimate of drug-likeness (QED) is 0.382. The van der Waals surface area contributed by atoms with Gasteiger partial charge in [0.25, 0.3) is 0 Å². The van der Waals surface area contributed by atoms with E-state index in [-0.39, 0.29) is 24.3 Å². The normalized spacial score (nSPS) is 15.0. The fourth-order valence-corrected chi connectivity index (χ4v) is 4.54. The van der Waals surface area contributed by atoms with Gasteiger partial charge in [0.15, 0.2) is 0 Å². The van der Waals surface area contributed by atoms with Gasteiger partial charge in [-0.15, -0.1) is 0 Å². The van der Waals surface area contributed by atoms with E-state index >= 15 is 0 Å². The van der Waals surface area contributed by atoms with Crippen molar-refractivity contribution in [2.75, 3.05) is 0 Å². The summed E-state index contributed by atoms with van der Waals surface area (Å²) in [6.07, 6.45) is 1.47. The molecule has 7 heteroatoms. The molecule has 4 rings (SSSR count). The fourth-order valence-electron chi connectivity index (χ4n) is 4.54. The molecular weight excluding hydrogens is 470 g/mol. The molecule has 2 unspecified atom stereocenters. The second kappa shape index (κ2) is 11.1. The molecule has 3 nitrogen and oxygen atoms in total. The number of carbonyl (C=O) groups is 1. The average Bonchev–Trinajstić information content (AvgIpc) is 3.09. The van der Waals surface area contributed by atoms with Gasteiger partial charge in [-0.2, -0.15) is 13.2 Å². The lowest BCUT2D eigenvalue weighted by atomic mass is 9.94. The molecule has 1 aliphatic carbocycles. The molecular formula is C29H27F4NO2. The summed E-state index contributed by atoms with van der Waals surface area (Å²) >= 11 is 0. The van der Waals surface area contributed by atoms with Crippen LogP contribution in [0.5, 0.6) is 0 Å². The number of halogens is 4. The Hall–Kier alpha value is -3.45. The minimum atomic E-state index is -4.46. The molecule has 0 saturated carbocycles. The van der Waals surface area contributed by atoms with Gasteiger partial charge in [0, 0.05) is 0 Å². The summed E-state index contributed by atoms with van der Waals surface area (Å²) in [6.45, 7) is 0. The van der Waals surface area contributed by atoms with Gasteiger partial charge in [0.2, 0.25) is 5.91 Å². The van der Waals surface area contributed by atoms with Crippen LogP contribution >= 0.6 is 0 Å². The first-order valence-electron chi connectivity index (χ1n) is 11.9. The van der Waals surface area contributed by atoms with Crippen LogP contribution in [0.25, 0.3) is 6.08 Å². The van der Waals surface area contributed by atoms with Crippen molar-refractivity contribution in [3.05, 3.63) is 112 Å². The number of fused-ring (bicyclic) bond motifs is 1. The summed E-state index contributed by atoms with van der Waals surface area (Å²) in [7, 11) is 0. The molecule has 0 aromatic heterocycles. The second-order valence-electron chi connectivity index (χ2n) is 9.03. The van der Waals surface area contributed by atoms with Crippen LogP contribution in [0.3, 0.4) is 0 Å². The van der Waals surface area contributed by atoms with E-state index < -0.39 is 29.7 Å². The first-order chi connectivity index (χ1) is 17.2. The number of amides is 1. The summed E-state index contributed by atoms with van der Waals surface area (Å²) in [5, 5.41) is 13.9. The van der Waals surface area contributed by atoms with Crippen molar-refractivity contribution in [2.24, 2.45) is 0 Å². The van der Waals surface area contributed by atoms with Gasteiger partial charge >= 0.3 is 6.18 Å². The van der Waals surface area contributed by atoms with Crippen LogP contribution in [0.15, 0.2) is 72.8 Å². The van der Waals surface area contributed by atoms with E-state index in [9.17, 15) is 27.5 Å². The van der Waals surface area contributed by atoms with E-state index in [1.807, 2.05) is 24.3 Å². The minimum absolute atomic E-state index is 0.0638. The molecule has 0 heterocycles. The second-order valence-corrected chi connectivity index (χ2v) is 9.03. The van der Waals surface area contributed by atoms with E-state index in [2.05, 4.69) is 11.4 Å². The lowest BCUT2D eigenvalue weighted by Gasteiger charge is -2.25. The molecule has 0 spiro atoms. The van der Waals surface area contributed by atoms with Crippen LogP contribution in [0, 0.1) is 5.82 Å². The van der Waals surface area contributed by atoms with Gasteiger partial charge in [-0.3, -0.25) is 4.79 Å². The van der Waals surface area contributed by atoms with Gasteiger partial charge in [-0.1, -0.05) is 54.6 Å². The molecule has 0 aliphatic heterocycles. The van der Waals surface area contributed by atoms with Crippen molar-refractivity contribution >= 4 is 12.0 Å². The van der Waals surface area contributed by atoms with Gasteiger partial charge in [-0.25, -0.2) is 4.39 Å². The lowest BCUT2D eigenvalue weighted by Crippen LogP contribution is -2.41. The van der Waals surface area contributed by atoms with Crippen LogP contribution in [-0.2, 0) is 30.2 Å². The van der Waals surface area contributed by atoms with E-state index in [0.29, 0.717) is 5.56 Å². The molecule has 1 amide bonds. The zero-order chi connectivity index (χ0) is 25.7. The molecule has 188 valence electrons. The number of aliphatic hydroxyl groups excluding tert-OH is 1. The summed E-state index contributed by atoms with van der Waals surface area (Å²) in [4.78, 5) is 13.1. The standard InChI is InChI=1S/C29H27F4NO2/c30-24-10-5-9-22(17-24)28(36)26(16-19-12-14-23(15-13-19)29(31,32)33)34-27(35)18-21-8-4-7-20-6-2-1-3-11-25(20)21/h3-5,7-15,17,26,28,36H,1-2,6,16,18H2,(H,34,35). The Morgan fingerprint density at radius 3 is 2.50 bits per heavy atom. The van der Waals surface area contributed by atoms with Gasteiger partial charge in [0.05, 0.1) is 24.1 Å². The van der Waals surface area contributed by atoms with E-state index in [1.165, 1.54) is 35.9 Å². The summed E-state index contributed by atoms with van der Waals surface area (Å²) in [6, 6.07) is 15.0. The Labute approximate surface area is 207 Å². The van der Waals surface area contributed by atoms with Crippen LogP contribution in [0.1, 0.15) is 52.3 Å². The zero-order valence-corrected chi connectivity index (χ0v) is 19.6. The largest absolute Gasteiger partial charge is 0.416 e. The highest BCUT2D eigenvalue weighted by Crippen LogP contribution is 2.30. The number of allylic oxidation sites excluding steroid dienone is 1. The topological polar surface area (TPSA) is 49.3 Å². The van der Waals surface area contributed by atoms with Crippen molar-refractivity contribution in [1.29, 1.82) is 0 Å². The highest BCUT2D eigenvalue weighted by molar-refractivity contribution is 5.80.